The maximum Gasteiger partial charge on any atom is 0.419 e. The Kier molecular flexibility index (Phi) is 5.47. The Hall–Kier alpha value is -1.27. The normalized spacial score (nSPS) is 20.5. The second kappa shape index (κ2) is 7.13. The summed E-state index contributed by atoms with van der Waals surface area (Å²) in [5, 5.41) is 3.27. The smallest absolute Gasteiger partial charge is 0.419 e. The molecule has 21 heavy (non-hydrogen) atoms. The van der Waals surface area contributed by atoms with E-state index in [0.717, 1.165) is 19.0 Å². The molecule has 0 aromatic heterocycles. The van der Waals surface area contributed by atoms with Crippen molar-refractivity contribution in [2.75, 3.05) is 26.4 Å². The van der Waals surface area contributed by atoms with Crippen LogP contribution in [0.15, 0.2) is 24.3 Å². The van der Waals surface area contributed by atoms with Crippen molar-refractivity contribution >= 4 is 0 Å². The van der Waals surface area contributed by atoms with Crippen molar-refractivity contribution in [1.82, 2.24) is 5.32 Å². The van der Waals surface area contributed by atoms with Gasteiger partial charge < -0.3 is 14.8 Å². The monoisotopic (exact) mass is 303 g/mol. The van der Waals surface area contributed by atoms with Crippen molar-refractivity contribution < 1.29 is 22.6 Å². The fraction of sp³-hybridized carbons (Fsp3) is 0.600. The molecular weight excluding hydrogens is 283 g/mol. The SMILES string of the molecule is CCNC(COc1ccccc1C(F)(F)F)C1CCOC1. The van der Waals surface area contributed by atoms with E-state index in [0.29, 0.717) is 13.2 Å². The molecule has 0 bridgehead atoms. The van der Waals surface area contributed by atoms with Crippen LogP contribution >= 0.6 is 0 Å². The molecule has 1 aliphatic rings. The highest BCUT2D eigenvalue weighted by Crippen LogP contribution is 2.36. The maximum atomic E-state index is 12.9. The molecule has 1 fully saturated rings. The molecule has 2 rings (SSSR count). The Balaban J connectivity index is 2.03. The summed E-state index contributed by atoms with van der Waals surface area (Å²) in [6.45, 7) is 4.24. The zero-order chi connectivity index (χ0) is 15.3. The minimum atomic E-state index is -4.40. The van der Waals surface area contributed by atoms with Crippen molar-refractivity contribution in [1.29, 1.82) is 0 Å². The summed E-state index contributed by atoms with van der Waals surface area (Å²) in [5.74, 6) is 0.162. The van der Waals surface area contributed by atoms with Crippen molar-refractivity contribution in [3.8, 4) is 5.75 Å². The minimum Gasteiger partial charge on any atom is -0.491 e. The summed E-state index contributed by atoms with van der Waals surface area (Å²) in [7, 11) is 0. The molecule has 1 N–H and O–H groups in total. The summed E-state index contributed by atoms with van der Waals surface area (Å²) in [5.41, 5.74) is -0.733. The summed E-state index contributed by atoms with van der Waals surface area (Å²) in [6.07, 6.45) is -3.50. The van der Waals surface area contributed by atoms with Gasteiger partial charge >= 0.3 is 6.18 Å². The van der Waals surface area contributed by atoms with Crippen molar-refractivity contribution in [3.63, 3.8) is 0 Å². The quantitative estimate of drug-likeness (QED) is 0.876. The van der Waals surface area contributed by atoms with Gasteiger partial charge in [-0.25, -0.2) is 0 Å². The van der Waals surface area contributed by atoms with Crippen LogP contribution in [-0.4, -0.2) is 32.4 Å². The summed E-state index contributed by atoms with van der Waals surface area (Å²) >= 11 is 0. The van der Waals surface area contributed by atoms with Gasteiger partial charge in [-0.15, -0.1) is 0 Å². The molecule has 0 amide bonds. The highest BCUT2D eigenvalue weighted by molar-refractivity contribution is 5.35. The molecule has 3 nitrogen and oxygen atoms in total. The summed E-state index contributed by atoms with van der Waals surface area (Å²) < 4.78 is 49.5. The van der Waals surface area contributed by atoms with E-state index in [1.807, 2.05) is 6.92 Å². The average Bonchev–Trinajstić information content (AvgIpc) is 2.97. The predicted molar refractivity (Wildman–Crippen MR) is 73.3 cm³/mol. The number of halogens is 3. The standard InChI is InChI=1S/C15H20F3NO2/c1-2-19-13(11-7-8-20-9-11)10-21-14-6-4-3-5-12(14)15(16,17)18/h3-6,11,13,19H,2,7-10H2,1H3. The highest BCUT2D eigenvalue weighted by atomic mass is 19.4. The van der Waals surface area contributed by atoms with Crippen molar-refractivity contribution in [2.45, 2.75) is 25.6 Å². The van der Waals surface area contributed by atoms with Gasteiger partial charge in [0, 0.05) is 18.6 Å². The Labute approximate surface area is 122 Å². The van der Waals surface area contributed by atoms with Crippen LogP contribution in [0, 0.1) is 5.92 Å². The van der Waals surface area contributed by atoms with E-state index in [4.69, 9.17) is 9.47 Å². The molecule has 6 heteroatoms. The second-order valence-corrected chi connectivity index (χ2v) is 5.09. The number of para-hydroxylation sites is 1. The van der Waals surface area contributed by atoms with E-state index in [2.05, 4.69) is 5.32 Å². The number of ether oxygens (including phenoxy) is 2. The average molecular weight is 303 g/mol. The second-order valence-electron chi connectivity index (χ2n) is 5.09. The van der Waals surface area contributed by atoms with E-state index in [1.165, 1.54) is 12.1 Å². The van der Waals surface area contributed by atoms with Gasteiger partial charge in [0.1, 0.15) is 12.4 Å². The van der Waals surface area contributed by atoms with E-state index >= 15 is 0 Å². The molecule has 0 aliphatic carbocycles. The molecule has 1 heterocycles. The number of likely N-dealkylation sites (N-methyl/N-ethyl adjacent to an activating group) is 1. The third-order valence-electron chi connectivity index (χ3n) is 3.61. The van der Waals surface area contributed by atoms with Gasteiger partial charge in [0.15, 0.2) is 0 Å². The fourth-order valence-electron chi connectivity index (χ4n) is 2.50. The van der Waals surface area contributed by atoms with Crippen LogP contribution in [-0.2, 0) is 10.9 Å². The first-order valence-electron chi connectivity index (χ1n) is 7.12. The number of hydrogen-bond donors (Lipinski definition) is 1. The first-order valence-corrected chi connectivity index (χ1v) is 7.12. The molecular formula is C15H20F3NO2. The molecule has 0 radical (unpaired) electrons. The first-order chi connectivity index (χ1) is 10.0. The van der Waals surface area contributed by atoms with E-state index < -0.39 is 11.7 Å². The molecule has 1 aromatic rings. The van der Waals surface area contributed by atoms with Gasteiger partial charge in [0.05, 0.1) is 12.2 Å². The number of hydrogen-bond acceptors (Lipinski definition) is 3. The van der Waals surface area contributed by atoms with Crippen molar-refractivity contribution in [2.24, 2.45) is 5.92 Å². The molecule has 0 spiro atoms. The van der Waals surface area contributed by atoms with Gasteiger partial charge in [-0.3, -0.25) is 0 Å². The largest absolute Gasteiger partial charge is 0.491 e. The lowest BCUT2D eigenvalue weighted by Gasteiger charge is -2.24. The van der Waals surface area contributed by atoms with Gasteiger partial charge in [-0.2, -0.15) is 13.2 Å². The Morgan fingerprint density at radius 3 is 2.76 bits per heavy atom. The van der Waals surface area contributed by atoms with Gasteiger partial charge in [0.25, 0.3) is 0 Å². The predicted octanol–water partition coefficient (Wildman–Crippen LogP) is 3.10. The lowest BCUT2D eigenvalue weighted by atomic mass is 10.00. The zero-order valence-corrected chi connectivity index (χ0v) is 12.0. The van der Waals surface area contributed by atoms with E-state index in [1.54, 1.807) is 6.07 Å². The van der Waals surface area contributed by atoms with Crippen LogP contribution in [0.5, 0.6) is 5.75 Å². The number of rotatable bonds is 6. The van der Waals surface area contributed by atoms with Gasteiger partial charge in [-0.1, -0.05) is 19.1 Å². The lowest BCUT2D eigenvalue weighted by molar-refractivity contribution is -0.139. The molecule has 1 aliphatic heterocycles. The van der Waals surface area contributed by atoms with Crippen molar-refractivity contribution in [3.05, 3.63) is 29.8 Å². The Morgan fingerprint density at radius 2 is 2.14 bits per heavy atom. The zero-order valence-electron chi connectivity index (χ0n) is 12.0. The van der Waals surface area contributed by atoms with Crippen LogP contribution in [0.2, 0.25) is 0 Å². The van der Waals surface area contributed by atoms with Crippen LogP contribution in [0.25, 0.3) is 0 Å². The third kappa shape index (κ3) is 4.35. The molecule has 1 saturated heterocycles. The summed E-state index contributed by atoms with van der Waals surface area (Å²) in [4.78, 5) is 0. The molecule has 118 valence electrons. The van der Waals surface area contributed by atoms with E-state index in [9.17, 15) is 13.2 Å². The minimum absolute atomic E-state index is 0.00112. The molecule has 2 atom stereocenters. The molecule has 0 saturated carbocycles. The fourth-order valence-corrected chi connectivity index (χ4v) is 2.50. The lowest BCUT2D eigenvalue weighted by Crippen LogP contribution is -2.41. The third-order valence-corrected chi connectivity index (χ3v) is 3.61. The summed E-state index contributed by atoms with van der Waals surface area (Å²) in [6, 6.07) is 5.31. The maximum absolute atomic E-state index is 12.9. The van der Waals surface area contributed by atoms with E-state index in [-0.39, 0.29) is 24.3 Å². The Morgan fingerprint density at radius 1 is 1.38 bits per heavy atom. The topological polar surface area (TPSA) is 30.5 Å². The van der Waals surface area contributed by atoms with Gasteiger partial charge in [-0.05, 0) is 25.1 Å². The number of alkyl halides is 3. The first kappa shape index (κ1) is 16.1. The van der Waals surface area contributed by atoms with Crippen LogP contribution in [0.3, 0.4) is 0 Å². The van der Waals surface area contributed by atoms with Crippen LogP contribution in [0.1, 0.15) is 18.9 Å². The highest BCUT2D eigenvalue weighted by Gasteiger charge is 2.34. The van der Waals surface area contributed by atoms with Gasteiger partial charge in [0.2, 0.25) is 0 Å². The molecule has 1 aromatic carbocycles. The number of nitrogens with one attached hydrogen (secondary N) is 1. The Bertz CT molecular complexity index is 445. The molecule has 2 unspecified atom stereocenters. The van der Waals surface area contributed by atoms with Crippen LogP contribution < -0.4 is 10.1 Å². The number of benzene rings is 1. The van der Waals surface area contributed by atoms with Crippen LogP contribution in [0.4, 0.5) is 13.2 Å².